The van der Waals surface area contributed by atoms with Crippen LogP contribution in [0.2, 0.25) is 0 Å². The van der Waals surface area contributed by atoms with E-state index in [0.717, 1.165) is 30.7 Å². The Kier molecular flexibility index (Phi) is 3.87. The van der Waals surface area contributed by atoms with Gasteiger partial charge >= 0.3 is 5.97 Å². The van der Waals surface area contributed by atoms with E-state index in [9.17, 15) is 4.79 Å². The van der Waals surface area contributed by atoms with Crippen molar-refractivity contribution < 1.29 is 14.6 Å². The second kappa shape index (κ2) is 5.40. The molecule has 4 heteroatoms. The van der Waals surface area contributed by atoms with Crippen LogP contribution in [0, 0.1) is 6.92 Å². The Labute approximate surface area is 107 Å². The van der Waals surface area contributed by atoms with E-state index < -0.39 is 5.97 Å². The number of aromatic carboxylic acids is 1. The summed E-state index contributed by atoms with van der Waals surface area (Å²) in [5.74, 6) is -0.878. The third-order valence-corrected chi connectivity index (χ3v) is 3.42. The molecule has 18 heavy (non-hydrogen) atoms. The fourth-order valence-electron chi connectivity index (χ4n) is 2.30. The second-order valence-corrected chi connectivity index (χ2v) is 4.67. The quantitative estimate of drug-likeness (QED) is 0.842. The average Bonchev–Trinajstić information content (AvgIpc) is 2.28. The van der Waals surface area contributed by atoms with Gasteiger partial charge in [-0.25, -0.2) is 4.79 Å². The van der Waals surface area contributed by atoms with Crippen LogP contribution in [-0.2, 0) is 4.74 Å². The Morgan fingerprint density at radius 3 is 2.83 bits per heavy atom. The lowest BCUT2D eigenvalue weighted by Gasteiger charge is -2.36. The van der Waals surface area contributed by atoms with Crippen molar-refractivity contribution in [3.05, 3.63) is 29.3 Å². The van der Waals surface area contributed by atoms with Crippen molar-refractivity contribution in [1.82, 2.24) is 0 Å². The highest BCUT2D eigenvalue weighted by atomic mass is 16.5. The summed E-state index contributed by atoms with van der Waals surface area (Å²) >= 11 is 0. The summed E-state index contributed by atoms with van der Waals surface area (Å²) in [6, 6.07) is 5.73. The molecule has 1 aliphatic rings. The highest BCUT2D eigenvalue weighted by molar-refractivity contribution is 5.91. The molecule has 4 nitrogen and oxygen atoms in total. The molecule has 0 radical (unpaired) electrons. The van der Waals surface area contributed by atoms with Crippen LogP contribution in [0.25, 0.3) is 0 Å². The highest BCUT2D eigenvalue weighted by Gasteiger charge is 2.29. The number of anilines is 1. The normalized spacial score (nSPS) is 22.3. The highest BCUT2D eigenvalue weighted by Crippen LogP contribution is 2.28. The molecule has 1 saturated carbocycles. The lowest BCUT2D eigenvalue weighted by atomic mass is 9.88. The minimum Gasteiger partial charge on any atom is -0.478 e. The number of carboxylic acids is 1. The summed E-state index contributed by atoms with van der Waals surface area (Å²) in [6.45, 7) is 4.59. The maximum Gasteiger partial charge on any atom is 0.336 e. The number of carboxylic acid groups (broad SMARTS) is 1. The maximum absolute atomic E-state index is 11.0. The zero-order valence-electron chi connectivity index (χ0n) is 10.8. The number of hydrogen-bond acceptors (Lipinski definition) is 3. The lowest BCUT2D eigenvalue weighted by molar-refractivity contribution is 0.00297. The molecule has 0 unspecified atom stereocenters. The smallest absolute Gasteiger partial charge is 0.336 e. The Morgan fingerprint density at radius 1 is 1.50 bits per heavy atom. The topological polar surface area (TPSA) is 58.6 Å². The van der Waals surface area contributed by atoms with Crippen LogP contribution in [-0.4, -0.2) is 29.8 Å². The van der Waals surface area contributed by atoms with Gasteiger partial charge in [0.05, 0.1) is 11.7 Å². The molecule has 2 rings (SSSR count). The molecule has 1 fully saturated rings. The maximum atomic E-state index is 11.0. The molecule has 1 aliphatic carbocycles. The molecule has 98 valence electrons. The molecule has 1 aromatic carbocycles. The molecule has 0 aromatic heterocycles. The third kappa shape index (κ3) is 2.64. The molecule has 2 N–H and O–H groups in total. The summed E-state index contributed by atoms with van der Waals surface area (Å²) < 4.78 is 5.50. The van der Waals surface area contributed by atoms with E-state index >= 15 is 0 Å². The monoisotopic (exact) mass is 249 g/mol. The first-order chi connectivity index (χ1) is 8.61. The second-order valence-electron chi connectivity index (χ2n) is 4.67. The van der Waals surface area contributed by atoms with Crippen LogP contribution in [0.3, 0.4) is 0 Å². The van der Waals surface area contributed by atoms with Gasteiger partial charge in [-0.15, -0.1) is 0 Å². The van der Waals surface area contributed by atoms with E-state index in [-0.39, 0.29) is 0 Å². The molecule has 0 amide bonds. The summed E-state index contributed by atoms with van der Waals surface area (Å²) in [5.41, 5.74) is 2.07. The van der Waals surface area contributed by atoms with E-state index in [0.29, 0.717) is 17.7 Å². The summed E-state index contributed by atoms with van der Waals surface area (Å²) in [5, 5.41) is 12.4. The van der Waals surface area contributed by atoms with Crippen molar-refractivity contribution in [3.63, 3.8) is 0 Å². The van der Waals surface area contributed by atoms with Crippen LogP contribution >= 0.6 is 0 Å². The van der Waals surface area contributed by atoms with Gasteiger partial charge in [-0.1, -0.05) is 6.07 Å². The van der Waals surface area contributed by atoms with Gasteiger partial charge in [0, 0.05) is 18.3 Å². The first-order valence-electron chi connectivity index (χ1n) is 6.32. The van der Waals surface area contributed by atoms with Crippen LogP contribution in [0.5, 0.6) is 0 Å². The largest absolute Gasteiger partial charge is 0.478 e. The van der Waals surface area contributed by atoms with Crippen molar-refractivity contribution in [2.45, 2.75) is 38.8 Å². The number of ether oxygens (including phenoxy) is 1. The molecule has 0 heterocycles. The number of nitrogens with one attached hydrogen (secondary N) is 1. The summed E-state index contributed by atoms with van der Waals surface area (Å²) in [6.07, 6.45) is 2.34. The number of carbonyl (C=O) groups is 1. The molecule has 0 spiro atoms. The fraction of sp³-hybridized carbons (Fsp3) is 0.500. The zero-order chi connectivity index (χ0) is 13.1. The van der Waals surface area contributed by atoms with Crippen LogP contribution < -0.4 is 5.32 Å². The van der Waals surface area contributed by atoms with Gasteiger partial charge in [0.15, 0.2) is 0 Å². The van der Waals surface area contributed by atoms with E-state index in [1.165, 1.54) is 0 Å². The molecule has 0 bridgehead atoms. The van der Waals surface area contributed by atoms with E-state index in [1.54, 1.807) is 12.1 Å². The first kappa shape index (κ1) is 12.9. The Balaban J connectivity index is 1.99. The van der Waals surface area contributed by atoms with Gasteiger partial charge in [0.2, 0.25) is 0 Å². The van der Waals surface area contributed by atoms with Crippen LogP contribution in [0.4, 0.5) is 5.69 Å². The summed E-state index contributed by atoms with van der Waals surface area (Å²) in [4.78, 5) is 11.0. The standard InChI is InChI=1S/C14H19NO3/c1-3-18-11-7-10(8-11)15-13-6-4-5-12(9(13)2)14(16)17/h4-6,10-11,15H,3,7-8H2,1-2H3,(H,16,17). The van der Waals surface area contributed by atoms with Gasteiger partial charge in [-0.05, 0) is 44.4 Å². The Bertz CT molecular complexity index is 439. The predicted molar refractivity (Wildman–Crippen MR) is 70.2 cm³/mol. The van der Waals surface area contributed by atoms with Crippen molar-refractivity contribution in [1.29, 1.82) is 0 Å². The number of benzene rings is 1. The average molecular weight is 249 g/mol. The minimum atomic E-state index is -0.878. The van der Waals surface area contributed by atoms with Crippen molar-refractivity contribution in [2.24, 2.45) is 0 Å². The Morgan fingerprint density at radius 2 is 2.22 bits per heavy atom. The van der Waals surface area contributed by atoms with E-state index in [1.807, 2.05) is 19.9 Å². The number of rotatable bonds is 5. The van der Waals surface area contributed by atoms with Crippen LogP contribution in [0.1, 0.15) is 35.7 Å². The van der Waals surface area contributed by atoms with Crippen molar-refractivity contribution in [3.8, 4) is 0 Å². The minimum absolute atomic E-state index is 0.357. The third-order valence-electron chi connectivity index (χ3n) is 3.42. The van der Waals surface area contributed by atoms with Crippen LogP contribution in [0.15, 0.2) is 18.2 Å². The summed E-state index contributed by atoms with van der Waals surface area (Å²) in [7, 11) is 0. The molecule has 0 aliphatic heterocycles. The van der Waals surface area contributed by atoms with Gasteiger partial charge in [-0.3, -0.25) is 0 Å². The van der Waals surface area contributed by atoms with Gasteiger partial charge < -0.3 is 15.2 Å². The molecule has 0 atom stereocenters. The Hall–Kier alpha value is -1.55. The van der Waals surface area contributed by atoms with Gasteiger partial charge in [0.25, 0.3) is 0 Å². The van der Waals surface area contributed by atoms with Gasteiger partial charge in [0.1, 0.15) is 0 Å². The molecular formula is C14H19NO3. The van der Waals surface area contributed by atoms with Gasteiger partial charge in [-0.2, -0.15) is 0 Å². The molecule has 0 saturated heterocycles. The fourth-order valence-corrected chi connectivity index (χ4v) is 2.30. The van der Waals surface area contributed by atoms with Crippen molar-refractivity contribution >= 4 is 11.7 Å². The van der Waals surface area contributed by atoms with E-state index in [2.05, 4.69) is 5.32 Å². The first-order valence-corrected chi connectivity index (χ1v) is 6.32. The molecular weight excluding hydrogens is 230 g/mol. The molecule has 1 aromatic rings. The number of hydrogen-bond donors (Lipinski definition) is 2. The predicted octanol–water partition coefficient (Wildman–Crippen LogP) is 2.67. The SMILES string of the molecule is CCOC1CC(Nc2cccc(C(=O)O)c2C)C1. The van der Waals surface area contributed by atoms with Crippen molar-refractivity contribution in [2.75, 3.05) is 11.9 Å². The van der Waals surface area contributed by atoms with E-state index in [4.69, 9.17) is 9.84 Å². The zero-order valence-corrected chi connectivity index (χ0v) is 10.8. The lowest BCUT2D eigenvalue weighted by Crippen LogP contribution is -2.41.